The third kappa shape index (κ3) is 2.02. The fourth-order valence-corrected chi connectivity index (χ4v) is 4.96. The summed E-state index contributed by atoms with van der Waals surface area (Å²) in [5.41, 5.74) is 3.77. The highest BCUT2D eigenvalue weighted by Crippen LogP contribution is 2.22. The minimum absolute atomic E-state index is 1.10. The van der Waals surface area contributed by atoms with E-state index in [-0.39, 0.29) is 0 Å². The van der Waals surface area contributed by atoms with Crippen LogP contribution in [0.4, 0.5) is 0 Å². The lowest BCUT2D eigenvalue weighted by molar-refractivity contribution is 1.65. The summed E-state index contributed by atoms with van der Waals surface area (Å²) in [5.74, 6) is 0. The maximum Gasteiger partial charge on any atom is 0.126 e. The lowest BCUT2D eigenvalue weighted by atomic mass is 10.2. The molecule has 0 nitrogen and oxygen atoms in total. The van der Waals surface area contributed by atoms with Crippen LogP contribution in [0, 0.1) is 0 Å². The molecule has 0 radical (unpaired) electrons. The fraction of sp³-hybridized carbons (Fsp3) is 0. The standard InChI is InChI=1S/C16H14Si/c1-3-8-14(9-4-1)16-12-7-13-17(16)15-10-5-2-6-11-15/h1-13,17H. The summed E-state index contributed by atoms with van der Waals surface area (Å²) in [6.45, 7) is 0. The Morgan fingerprint density at radius 1 is 0.706 bits per heavy atom. The summed E-state index contributed by atoms with van der Waals surface area (Å²) in [5, 5.41) is 3.02. The van der Waals surface area contributed by atoms with Gasteiger partial charge in [-0.05, 0) is 10.8 Å². The number of allylic oxidation sites excluding steroid dienone is 2. The van der Waals surface area contributed by atoms with E-state index >= 15 is 0 Å². The van der Waals surface area contributed by atoms with Gasteiger partial charge in [0.1, 0.15) is 8.80 Å². The van der Waals surface area contributed by atoms with E-state index < -0.39 is 8.80 Å². The molecule has 2 aromatic carbocycles. The highest BCUT2D eigenvalue weighted by Gasteiger charge is 2.19. The van der Waals surface area contributed by atoms with Crippen LogP contribution in [0.1, 0.15) is 5.56 Å². The molecule has 3 rings (SSSR count). The molecule has 1 heterocycles. The first-order chi connectivity index (χ1) is 8.45. The number of rotatable bonds is 2. The van der Waals surface area contributed by atoms with E-state index in [4.69, 9.17) is 0 Å². The lowest BCUT2D eigenvalue weighted by Gasteiger charge is -2.13. The van der Waals surface area contributed by atoms with Gasteiger partial charge in [0.2, 0.25) is 0 Å². The van der Waals surface area contributed by atoms with Crippen LogP contribution in [0.25, 0.3) is 5.20 Å². The van der Waals surface area contributed by atoms with Crippen LogP contribution in [0.5, 0.6) is 0 Å². The van der Waals surface area contributed by atoms with Crippen molar-refractivity contribution in [2.45, 2.75) is 0 Å². The second-order valence-corrected chi connectivity index (χ2v) is 6.89. The zero-order chi connectivity index (χ0) is 11.5. The topological polar surface area (TPSA) is 0 Å². The van der Waals surface area contributed by atoms with E-state index in [9.17, 15) is 0 Å². The van der Waals surface area contributed by atoms with Crippen LogP contribution < -0.4 is 5.19 Å². The van der Waals surface area contributed by atoms with Gasteiger partial charge in [-0.2, -0.15) is 0 Å². The summed E-state index contributed by atoms with van der Waals surface area (Å²) in [6.07, 6.45) is 4.49. The molecule has 0 fully saturated rings. The molecular weight excluding hydrogens is 220 g/mol. The minimum atomic E-state index is -1.10. The molecule has 82 valence electrons. The van der Waals surface area contributed by atoms with Crippen LogP contribution in [-0.2, 0) is 0 Å². The van der Waals surface area contributed by atoms with Gasteiger partial charge in [0.05, 0.1) is 0 Å². The van der Waals surface area contributed by atoms with Crippen molar-refractivity contribution < 1.29 is 0 Å². The van der Waals surface area contributed by atoms with Crippen molar-refractivity contribution in [1.29, 1.82) is 0 Å². The average Bonchev–Trinajstić information content (AvgIpc) is 2.90. The van der Waals surface area contributed by atoms with Crippen LogP contribution in [-0.4, -0.2) is 8.80 Å². The van der Waals surface area contributed by atoms with Crippen LogP contribution in [0.3, 0.4) is 0 Å². The minimum Gasteiger partial charge on any atom is -0.0888 e. The van der Waals surface area contributed by atoms with Crippen LogP contribution in [0.15, 0.2) is 78.5 Å². The summed E-state index contributed by atoms with van der Waals surface area (Å²) in [4.78, 5) is 0. The van der Waals surface area contributed by atoms with Crippen molar-refractivity contribution in [3.05, 3.63) is 84.1 Å². The summed E-state index contributed by atoms with van der Waals surface area (Å²) < 4.78 is 0. The largest absolute Gasteiger partial charge is 0.126 e. The van der Waals surface area contributed by atoms with E-state index in [2.05, 4.69) is 78.5 Å². The van der Waals surface area contributed by atoms with Gasteiger partial charge in [-0.15, -0.1) is 0 Å². The SMILES string of the molecule is C1=C[SiH](c2ccccc2)C(c2ccccc2)=C1. The Hall–Kier alpha value is -1.86. The van der Waals surface area contributed by atoms with Gasteiger partial charge in [0.15, 0.2) is 0 Å². The molecule has 1 aliphatic heterocycles. The molecular formula is C16H14Si. The molecule has 0 spiro atoms. The zero-order valence-corrected chi connectivity index (χ0v) is 10.7. The number of benzene rings is 2. The third-order valence-electron chi connectivity index (χ3n) is 3.18. The molecule has 0 aliphatic carbocycles. The van der Waals surface area contributed by atoms with Crippen molar-refractivity contribution in [3.8, 4) is 0 Å². The molecule has 2 aromatic rings. The van der Waals surface area contributed by atoms with Crippen LogP contribution in [0.2, 0.25) is 0 Å². The van der Waals surface area contributed by atoms with Crippen molar-refractivity contribution in [2.24, 2.45) is 0 Å². The second kappa shape index (κ2) is 4.56. The fourth-order valence-electron chi connectivity index (χ4n) is 2.34. The van der Waals surface area contributed by atoms with Crippen LogP contribution >= 0.6 is 0 Å². The van der Waals surface area contributed by atoms with Gasteiger partial charge in [-0.3, -0.25) is 0 Å². The molecule has 17 heavy (non-hydrogen) atoms. The van der Waals surface area contributed by atoms with E-state index in [0.29, 0.717) is 0 Å². The first kappa shape index (κ1) is 10.3. The van der Waals surface area contributed by atoms with Gasteiger partial charge in [-0.25, -0.2) is 0 Å². The Balaban J connectivity index is 1.98. The molecule has 0 N–H and O–H groups in total. The van der Waals surface area contributed by atoms with Gasteiger partial charge in [-0.1, -0.05) is 83.7 Å². The van der Waals surface area contributed by atoms with Crippen molar-refractivity contribution >= 4 is 19.2 Å². The summed E-state index contributed by atoms with van der Waals surface area (Å²) in [7, 11) is -1.10. The highest BCUT2D eigenvalue weighted by molar-refractivity contribution is 6.94. The molecule has 1 unspecified atom stereocenters. The third-order valence-corrected chi connectivity index (χ3v) is 6.09. The van der Waals surface area contributed by atoms with Gasteiger partial charge < -0.3 is 0 Å². The Bertz CT molecular complexity index is 553. The Labute approximate surface area is 104 Å². The Morgan fingerprint density at radius 3 is 2.06 bits per heavy atom. The molecule has 0 saturated heterocycles. The maximum atomic E-state index is 2.40. The molecule has 0 amide bonds. The lowest BCUT2D eigenvalue weighted by Crippen LogP contribution is -2.28. The monoisotopic (exact) mass is 234 g/mol. The molecule has 0 aromatic heterocycles. The zero-order valence-electron chi connectivity index (χ0n) is 9.58. The average molecular weight is 234 g/mol. The van der Waals surface area contributed by atoms with Gasteiger partial charge in [0.25, 0.3) is 0 Å². The number of hydrogen-bond acceptors (Lipinski definition) is 0. The first-order valence-electron chi connectivity index (χ1n) is 5.94. The molecule has 0 bridgehead atoms. The summed E-state index contributed by atoms with van der Waals surface area (Å²) in [6, 6.07) is 21.6. The molecule has 0 saturated carbocycles. The smallest absolute Gasteiger partial charge is 0.0888 e. The van der Waals surface area contributed by atoms with Gasteiger partial charge in [0, 0.05) is 0 Å². The van der Waals surface area contributed by atoms with Crippen molar-refractivity contribution in [1.82, 2.24) is 0 Å². The van der Waals surface area contributed by atoms with Crippen molar-refractivity contribution in [2.75, 3.05) is 0 Å². The Kier molecular flexibility index (Phi) is 2.76. The summed E-state index contributed by atoms with van der Waals surface area (Å²) >= 11 is 0. The normalized spacial score (nSPS) is 18.1. The Morgan fingerprint density at radius 2 is 1.35 bits per heavy atom. The number of hydrogen-bond donors (Lipinski definition) is 0. The van der Waals surface area contributed by atoms with E-state index in [1.165, 1.54) is 15.9 Å². The van der Waals surface area contributed by atoms with Crippen molar-refractivity contribution in [3.63, 3.8) is 0 Å². The highest BCUT2D eigenvalue weighted by atomic mass is 28.3. The maximum absolute atomic E-state index is 2.40. The van der Waals surface area contributed by atoms with E-state index in [0.717, 1.165) is 0 Å². The predicted octanol–water partition coefficient (Wildman–Crippen LogP) is 2.85. The predicted molar refractivity (Wildman–Crippen MR) is 76.8 cm³/mol. The molecule has 1 atom stereocenters. The quantitative estimate of drug-likeness (QED) is 0.701. The van der Waals surface area contributed by atoms with E-state index in [1.54, 1.807) is 0 Å². The second-order valence-electron chi connectivity index (χ2n) is 4.26. The van der Waals surface area contributed by atoms with Gasteiger partial charge >= 0.3 is 0 Å². The first-order valence-corrected chi connectivity index (χ1v) is 7.76. The molecule has 1 heteroatoms. The van der Waals surface area contributed by atoms with E-state index in [1.807, 2.05) is 0 Å². The molecule has 1 aliphatic rings.